The number of halogens is 2. The van der Waals surface area contributed by atoms with Crippen LogP contribution in [0.1, 0.15) is 6.42 Å². The third kappa shape index (κ3) is 2.69. The van der Waals surface area contributed by atoms with Crippen LogP contribution in [-0.2, 0) is 0 Å². The number of anilines is 1. The van der Waals surface area contributed by atoms with Gasteiger partial charge < -0.3 is 10.2 Å². The van der Waals surface area contributed by atoms with Crippen molar-refractivity contribution in [1.29, 1.82) is 0 Å². The number of thiol groups is 1. The third-order valence-electron chi connectivity index (χ3n) is 3.05. The van der Waals surface area contributed by atoms with Crippen LogP contribution < -0.4 is 10.2 Å². The summed E-state index contributed by atoms with van der Waals surface area (Å²) in [4.78, 5) is 5.66. The summed E-state index contributed by atoms with van der Waals surface area (Å²) in [6, 6.07) is 2.74. The highest BCUT2D eigenvalue weighted by Gasteiger charge is 2.43. The molecule has 1 fully saturated rings. The molecule has 1 saturated heterocycles. The normalized spacial score (nSPS) is 23.8. The Labute approximate surface area is 105 Å². The van der Waals surface area contributed by atoms with Gasteiger partial charge in [0.05, 0.1) is 29.5 Å². The van der Waals surface area contributed by atoms with Crippen LogP contribution in [0.2, 0.25) is 0 Å². The summed E-state index contributed by atoms with van der Waals surface area (Å²) < 4.78 is 27.5. The summed E-state index contributed by atoms with van der Waals surface area (Å²) in [7, 11) is 1.57. The van der Waals surface area contributed by atoms with Gasteiger partial charge in [0.1, 0.15) is 0 Å². The second-order valence-corrected chi connectivity index (χ2v) is 4.65. The smallest absolute Gasteiger partial charge is 0.280 e. The highest BCUT2D eigenvalue weighted by Crippen LogP contribution is 2.30. The van der Waals surface area contributed by atoms with Gasteiger partial charge in [-0.15, -0.1) is 12.6 Å². The maximum absolute atomic E-state index is 13.7. The topological polar surface area (TPSA) is 28.2 Å². The molecule has 17 heavy (non-hydrogen) atoms. The maximum atomic E-state index is 13.7. The first-order valence-electron chi connectivity index (χ1n) is 5.48. The SMILES string of the molecule is CN[C@H]1CCN(c2ccc(S)nc2)CC1(F)F. The maximum Gasteiger partial charge on any atom is 0.280 e. The van der Waals surface area contributed by atoms with Crippen molar-refractivity contribution in [1.82, 2.24) is 10.3 Å². The molecule has 1 atom stereocenters. The lowest BCUT2D eigenvalue weighted by Gasteiger charge is -2.39. The molecule has 2 rings (SSSR count). The molecule has 94 valence electrons. The molecule has 6 heteroatoms. The number of pyridine rings is 1. The molecule has 0 spiro atoms. The van der Waals surface area contributed by atoms with Crippen LogP contribution in [0.15, 0.2) is 23.4 Å². The van der Waals surface area contributed by atoms with Gasteiger partial charge in [-0.25, -0.2) is 13.8 Å². The number of piperidine rings is 1. The highest BCUT2D eigenvalue weighted by atomic mass is 32.1. The van der Waals surface area contributed by atoms with Crippen molar-refractivity contribution in [3.05, 3.63) is 18.3 Å². The molecule has 1 N–H and O–H groups in total. The average Bonchev–Trinajstić information content (AvgIpc) is 2.28. The Morgan fingerprint density at radius 1 is 1.53 bits per heavy atom. The van der Waals surface area contributed by atoms with Crippen LogP contribution in [0.25, 0.3) is 0 Å². The van der Waals surface area contributed by atoms with Gasteiger partial charge in [-0.3, -0.25) is 0 Å². The molecule has 1 aromatic rings. The largest absolute Gasteiger partial charge is 0.364 e. The Morgan fingerprint density at radius 2 is 2.29 bits per heavy atom. The molecular formula is C11H15F2N3S. The van der Waals surface area contributed by atoms with Crippen LogP contribution in [0.4, 0.5) is 14.5 Å². The number of aromatic nitrogens is 1. The first kappa shape index (κ1) is 12.6. The number of alkyl halides is 2. The number of hydrogen-bond donors (Lipinski definition) is 2. The van der Waals surface area contributed by atoms with Gasteiger partial charge in [0.25, 0.3) is 5.92 Å². The van der Waals surface area contributed by atoms with Crippen LogP contribution >= 0.6 is 12.6 Å². The molecular weight excluding hydrogens is 244 g/mol. The van der Waals surface area contributed by atoms with Gasteiger partial charge in [-0.2, -0.15) is 0 Å². The number of hydrogen-bond acceptors (Lipinski definition) is 4. The zero-order valence-electron chi connectivity index (χ0n) is 9.53. The first-order valence-corrected chi connectivity index (χ1v) is 5.93. The van der Waals surface area contributed by atoms with Gasteiger partial charge in [0.15, 0.2) is 0 Å². The zero-order valence-corrected chi connectivity index (χ0v) is 10.4. The van der Waals surface area contributed by atoms with Crippen molar-refractivity contribution in [2.45, 2.75) is 23.4 Å². The molecule has 0 saturated carbocycles. The number of nitrogens with zero attached hydrogens (tertiary/aromatic N) is 2. The minimum absolute atomic E-state index is 0.272. The van der Waals surface area contributed by atoms with Crippen LogP contribution in [-0.4, -0.2) is 37.1 Å². The number of rotatable bonds is 2. The second-order valence-electron chi connectivity index (χ2n) is 4.19. The molecule has 0 radical (unpaired) electrons. The lowest BCUT2D eigenvalue weighted by atomic mass is 10.0. The van der Waals surface area contributed by atoms with Gasteiger partial charge in [-0.05, 0) is 25.6 Å². The average molecular weight is 259 g/mol. The van der Waals surface area contributed by atoms with Crippen molar-refractivity contribution < 1.29 is 8.78 Å². The Kier molecular flexibility index (Phi) is 3.53. The van der Waals surface area contributed by atoms with E-state index in [1.165, 1.54) is 0 Å². The summed E-state index contributed by atoms with van der Waals surface area (Å²) in [6.07, 6.45) is 2.00. The van der Waals surface area contributed by atoms with Crippen molar-refractivity contribution >= 4 is 18.3 Å². The quantitative estimate of drug-likeness (QED) is 0.793. The van der Waals surface area contributed by atoms with Crippen molar-refractivity contribution in [3.63, 3.8) is 0 Å². The first-order chi connectivity index (χ1) is 8.03. The molecule has 0 aromatic carbocycles. The van der Waals surface area contributed by atoms with E-state index in [-0.39, 0.29) is 6.54 Å². The molecule has 0 amide bonds. The van der Waals surface area contributed by atoms with Gasteiger partial charge in [0.2, 0.25) is 0 Å². The standard InChI is InChI=1S/C11H15F2N3S/c1-14-9-4-5-16(7-11(9,12)13)8-2-3-10(17)15-6-8/h2-3,6,9,14H,4-5,7H2,1H3,(H,15,17)/t9-/m0/s1. The fourth-order valence-corrected chi connectivity index (χ4v) is 2.21. The van der Waals surface area contributed by atoms with Gasteiger partial charge >= 0.3 is 0 Å². The van der Waals surface area contributed by atoms with E-state index in [2.05, 4.69) is 22.9 Å². The molecule has 1 aromatic heterocycles. The van der Waals surface area contributed by atoms with E-state index in [4.69, 9.17) is 0 Å². The van der Waals surface area contributed by atoms with Crippen LogP contribution in [0.3, 0.4) is 0 Å². The van der Waals surface area contributed by atoms with Crippen molar-refractivity contribution in [3.8, 4) is 0 Å². The van der Waals surface area contributed by atoms with Gasteiger partial charge in [-0.1, -0.05) is 0 Å². The molecule has 2 heterocycles. The second kappa shape index (κ2) is 4.78. The Bertz CT molecular complexity index is 383. The fourth-order valence-electron chi connectivity index (χ4n) is 2.08. The minimum Gasteiger partial charge on any atom is -0.364 e. The third-order valence-corrected chi connectivity index (χ3v) is 3.31. The van der Waals surface area contributed by atoms with Gasteiger partial charge in [0, 0.05) is 6.54 Å². The van der Waals surface area contributed by atoms with Crippen molar-refractivity contribution in [2.24, 2.45) is 0 Å². The lowest BCUT2D eigenvalue weighted by Crippen LogP contribution is -2.56. The molecule has 1 aliphatic heterocycles. The Hall–Kier alpha value is -0.880. The van der Waals surface area contributed by atoms with E-state index >= 15 is 0 Å². The monoisotopic (exact) mass is 259 g/mol. The van der Waals surface area contributed by atoms with Crippen LogP contribution in [0.5, 0.6) is 0 Å². The predicted molar refractivity (Wildman–Crippen MR) is 66.1 cm³/mol. The minimum atomic E-state index is -2.72. The fraction of sp³-hybridized carbons (Fsp3) is 0.545. The Balaban J connectivity index is 2.12. The summed E-state index contributed by atoms with van der Waals surface area (Å²) >= 11 is 4.07. The van der Waals surface area contributed by atoms with E-state index in [0.717, 1.165) is 5.69 Å². The van der Waals surface area contributed by atoms with E-state index in [9.17, 15) is 8.78 Å². The van der Waals surface area contributed by atoms with Crippen molar-refractivity contribution in [2.75, 3.05) is 25.0 Å². The molecule has 3 nitrogen and oxygen atoms in total. The summed E-state index contributed by atoms with van der Waals surface area (Å²) in [5.74, 6) is -2.72. The van der Waals surface area contributed by atoms with E-state index in [1.807, 2.05) is 0 Å². The summed E-state index contributed by atoms with van der Waals surface area (Å²) in [5, 5.41) is 3.26. The van der Waals surface area contributed by atoms with Crippen LogP contribution in [0, 0.1) is 0 Å². The predicted octanol–water partition coefficient (Wildman–Crippen LogP) is 1.80. The Morgan fingerprint density at radius 3 is 2.82 bits per heavy atom. The lowest BCUT2D eigenvalue weighted by molar-refractivity contribution is -0.0402. The highest BCUT2D eigenvalue weighted by molar-refractivity contribution is 7.80. The summed E-state index contributed by atoms with van der Waals surface area (Å²) in [6.45, 7) is 0.334. The van der Waals surface area contributed by atoms with E-state index in [1.54, 1.807) is 30.3 Å². The summed E-state index contributed by atoms with van der Waals surface area (Å²) in [5.41, 5.74) is 0.719. The molecule has 1 aliphatic rings. The number of nitrogens with one attached hydrogen (secondary N) is 1. The van der Waals surface area contributed by atoms with E-state index < -0.39 is 12.0 Å². The molecule has 0 bridgehead atoms. The molecule has 0 aliphatic carbocycles. The zero-order chi connectivity index (χ0) is 12.5. The van der Waals surface area contributed by atoms with E-state index in [0.29, 0.717) is 18.0 Å². The molecule has 0 unspecified atom stereocenters.